The van der Waals surface area contributed by atoms with Crippen LogP contribution in [0.2, 0.25) is 0 Å². The predicted molar refractivity (Wildman–Crippen MR) is 126 cm³/mol. The van der Waals surface area contributed by atoms with E-state index in [9.17, 15) is 16.8 Å². The van der Waals surface area contributed by atoms with Crippen molar-refractivity contribution in [1.82, 2.24) is 0 Å². The van der Waals surface area contributed by atoms with E-state index in [1.165, 1.54) is 25.7 Å². The number of methoxy groups -OCH3 is 1. The first-order valence-corrected chi connectivity index (χ1v) is 14.8. The van der Waals surface area contributed by atoms with Crippen molar-refractivity contribution in [2.45, 2.75) is 78.6 Å². The molecule has 0 amide bonds. The lowest BCUT2D eigenvalue weighted by atomic mass is 9.80. The van der Waals surface area contributed by atoms with Crippen molar-refractivity contribution in [2.75, 3.05) is 39.4 Å². The summed E-state index contributed by atoms with van der Waals surface area (Å²) in [6.45, 7) is 3.77. The molecule has 0 aromatic heterocycles. The van der Waals surface area contributed by atoms with Crippen LogP contribution in [0.1, 0.15) is 78.6 Å². The lowest BCUT2D eigenvalue weighted by molar-refractivity contribution is 0.107. The average molecular weight is 487 g/mol. The summed E-state index contributed by atoms with van der Waals surface area (Å²) in [6, 6.07) is 0. The first kappa shape index (κ1) is 30.8. The average Bonchev–Trinajstić information content (AvgIpc) is 2.67. The Morgan fingerprint density at radius 3 is 1.26 bits per heavy atom. The van der Waals surface area contributed by atoms with Crippen LogP contribution in [0, 0.1) is 23.7 Å². The quantitative estimate of drug-likeness (QED) is 0.416. The lowest BCUT2D eigenvalue weighted by Crippen LogP contribution is -2.22. The number of hydrogen-bond donors (Lipinski definition) is 0. The summed E-state index contributed by atoms with van der Waals surface area (Å²) in [6.07, 6.45) is 13.9. The number of ether oxygens (including phenoxy) is 1. The van der Waals surface area contributed by atoms with Crippen LogP contribution in [-0.2, 0) is 33.3 Å². The second kappa shape index (κ2) is 15.6. The van der Waals surface area contributed by atoms with Crippen molar-refractivity contribution in [3.05, 3.63) is 0 Å². The zero-order valence-electron chi connectivity index (χ0n) is 19.2. The van der Waals surface area contributed by atoms with Crippen molar-refractivity contribution in [3.63, 3.8) is 0 Å². The molecule has 2 fully saturated rings. The molecule has 2 saturated carbocycles. The Kier molecular flexibility index (Phi) is 15.5. The Morgan fingerprint density at radius 1 is 0.645 bits per heavy atom. The van der Waals surface area contributed by atoms with E-state index in [1.54, 1.807) is 7.11 Å². The van der Waals surface area contributed by atoms with Crippen molar-refractivity contribution in [2.24, 2.45) is 23.7 Å². The van der Waals surface area contributed by atoms with Crippen LogP contribution in [0.5, 0.6) is 0 Å². The lowest BCUT2D eigenvalue weighted by Gasteiger charge is -2.27. The molecular weight excluding hydrogens is 440 g/mol. The first-order valence-electron chi connectivity index (χ1n) is 11.2. The van der Waals surface area contributed by atoms with Gasteiger partial charge in [-0.2, -0.15) is 16.8 Å². The van der Waals surface area contributed by atoms with Gasteiger partial charge in [0.1, 0.15) is 0 Å². The second-order valence-corrected chi connectivity index (χ2v) is 12.3. The Bertz CT molecular complexity index is 587. The van der Waals surface area contributed by atoms with E-state index in [0.29, 0.717) is 31.0 Å². The van der Waals surface area contributed by atoms with Crippen LogP contribution in [0.3, 0.4) is 0 Å². The van der Waals surface area contributed by atoms with Crippen molar-refractivity contribution < 1.29 is 29.9 Å². The van der Waals surface area contributed by atoms with Crippen molar-refractivity contribution in [3.8, 4) is 0 Å². The van der Waals surface area contributed by atoms with Crippen LogP contribution >= 0.6 is 0 Å². The summed E-state index contributed by atoms with van der Waals surface area (Å²) in [5, 5.41) is 0. The fourth-order valence-electron chi connectivity index (χ4n) is 4.34. The maximum Gasteiger partial charge on any atom is 0.264 e. The zero-order valence-corrected chi connectivity index (χ0v) is 20.8. The molecule has 0 heterocycles. The third-order valence-electron chi connectivity index (χ3n) is 6.07. The Morgan fingerprint density at radius 2 is 0.968 bits per heavy atom. The normalized spacial score (nSPS) is 27.0. The number of rotatable bonds is 10. The van der Waals surface area contributed by atoms with Crippen LogP contribution in [0.4, 0.5) is 0 Å². The van der Waals surface area contributed by atoms with Crippen LogP contribution in [0.25, 0.3) is 0 Å². The van der Waals surface area contributed by atoms with Gasteiger partial charge in [0, 0.05) is 13.7 Å². The summed E-state index contributed by atoms with van der Waals surface area (Å²) < 4.78 is 58.0. The molecular formula is C22H46O7S2. The molecule has 0 N–H and O–H groups in total. The molecule has 0 aliphatic heterocycles. The topological polar surface area (TPSA) is 96.0 Å². The molecule has 0 saturated heterocycles. The van der Waals surface area contributed by atoms with Crippen molar-refractivity contribution in [1.29, 1.82) is 0 Å². The standard InChI is InChI=1S/C11H22O3S.C10H20O4S.CH4/c1-3-4-10-5-7-11(8-6-10)9-14-15(2,12)13;1-13-7-9-3-5-10(6-4-9)8-14-15(2,11)12;/h10-11H,3-9H2,1-2H3;9-10H,3-8H2,1-2H3;1H4. The Labute approximate surface area is 191 Å². The molecule has 0 aromatic rings. The van der Waals surface area contributed by atoms with Crippen LogP contribution in [0.15, 0.2) is 0 Å². The van der Waals surface area contributed by atoms with E-state index < -0.39 is 20.2 Å². The Hall–Kier alpha value is -0.220. The van der Waals surface area contributed by atoms with Gasteiger partial charge in [-0.05, 0) is 62.2 Å². The highest BCUT2D eigenvalue weighted by Gasteiger charge is 2.23. The largest absolute Gasteiger partial charge is 0.384 e. The monoisotopic (exact) mass is 486 g/mol. The van der Waals surface area contributed by atoms with Gasteiger partial charge < -0.3 is 4.74 Å². The maximum absolute atomic E-state index is 10.8. The van der Waals surface area contributed by atoms with Gasteiger partial charge in [0.25, 0.3) is 20.2 Å². The molecule has 7 nitrogen and oxygen atoms in total. The minimum absolute atomic E-state index is 0. The van der Waals surface area contributed by atoms with Gasteiger partial charge in [-0.15, -0.1) is 0 Å². The highest BCUT2D eigenvalue weighted by atomic mass is 32.2. The van der Waals surface area contributed by atoms with Crippen LogP contribution < -0.4 is 0 Å². The predicted octanol–water partition coefficient (Wildman–Crippen LogP) is 4.62. The van der Waals surface area contributed by atoms with E-state index in [-0.39, 0.29) is 7.43 Å². The fraction of sp³-hybridized carbons (Fsp3) is 1.00. The summed E-state index contributed by atoms with van der Waals surface area (Å²) in [4.78, 5) is 0. The molecule has 2 rings (SSSR count). The molecule has 31 heavy (non-hydrogen) atoms. The van der Waals surface area contributed by atoms with E-state index >= 15 is 0 Å². The molecule has 0 spiro atoms. The third-order valence-corrected chi connectivity index (χ3v) is 7.20. The highest BCUT2D eigenvalue weighted by molar-refractivity contribution is 7.86. The molecule has 0 unspecified atom stereocenters. The van der Waals surface area contributed by atoms with Gasteiger partial charge in [0.05, 0.1) is 25.7 Å². The minimum atomic E-state index is -3.27. The molecule has 9 heteroatoms. The van der Waals surface area contributed by atoms with Gasteiger partial charge >= 0.3 is 0 Å². The van der Waals surface area contributed by atoms with Gasteiger partial charge in [-0.1, -0.05) is 40.0 Å². The third kappa shape index (κ3) is 16.1. The van der Waals surface area contributed by atoms with E-state index in [0.717, 1.165) is 63.6 Å². The van der Waals surface area contributed by atoms with Gasteiger partial charge in [-0.25, -0.2) is 0 Å². The van der Waals surface area contributed by atoms with Crippen molar-refractivity contribution >= 4 is 20.2 Å². The minimum Gasteiger partial charge on any atom is -0.384 e. The molecule has 0 atom stereocenters. The molecule has 188 valence electrons. The highest BCUT2D eigenvalue weighted by Crippen LogP contribution is 2.32. The molecule has 0 radical (unpaired) electrons. The van der Waals surface area contributed by atoms with Gasteiger partial charge in [0.15, 0.2) is 0 Å². The first-order chi connectivity index (χ1) is 14.0. The molecule has 0 bridgehead atoms. The van der Waals surface area contributed by atoms with Gasteiger partial charge in [-0.3, -0.25) is 8.37 Å². The Balaban J connectivity index is 0.000000562. The fourth-order valence-corrected chi connectivity index (χ4v) is 5.21. The molecule has 0 aromatic carbocycles. The smallest absolute Gasteiger partial charge is 0.264 e. The van der Waals surface area contributed by atoms with Crippen LogP contribution in [-0.4, -0.2) is 56.3 Å². The molecule has 2 aliphatic carbocycles. The number of hydrogen-bond acceptors (Lipinski definition) is 7. The summed E-state index contributed by atoms with van der Waals surface area (Å²) >= 11 is 0. The summed E-state index contributed by atoms with van der Waals surface area (Å²) in [5.41, 5.74) is 0. The summed E-state index contributed by atoms with van der Waals surface area (Å²) in [7, 11) is -4.80. The second-order valence-electron chi connectivity index (χ2n) is 8.99. The SMILES string of the molecule is C.CCCC1CCC(COS(C)(=O)=O)CC1.COCC1CCC(COS(C)(=O)=O)CC1. The van der Waals surface area contributed by atoms with E-state index in [1.807, 2.05) is 0 Å². The van der Waals surface area contributed by atoms with E-state index in [4.69, 9.17) is 13.1 Å². The van der Waals surface area contributed by atoms with Gasteiger partial charge in [0.2, 0.25) is 0 Å². The zero-order chi connectivity index (χ0) is 22.6. The molecule has 2 aliphatic rings. The summed E-state index contributed by atoms with van der Waals surface area (Å²) in [5.74, 6) is 2.36. The maximum atomic E-state index is 10.8. The van der Waals surface area contributed by atoms with E-state index in [2.05, 4.69) is 6.92 Å².